The molecule has 13 heavy (non-hydrogen) atoms. The van der Waals surface area contributed by atoms with E-state index in [2.05, 4.69) is 37.5 Å². The Balaban J connectivity index is 2.55. The van der Waals surface area contributed by atoms with Gasteiger partial charge in [0.2, 0.25) is 0 Å². The molecule has 1 N–H and O–H groups in total. The van der Waals surface area contributed by atoms with E-state index in [4.69, 9.17) is 11.6 Å². The number of alkyl halides is 1. The Morgan fingerprint density at radius 2 is 2.31 bits per heavy atom. The molecule has 0 amide bonds. The summed E-state index contributed by atoms with van der Waals surface area (Å²) in [6.07, 6.45) is 4.35. The number of nitrogens with zero attached hydrogens (tertiary/aromatic N) is 2. The maximum absolute atomic E-state index is 5.63. The number of hydrogen-bond acceptors (Lipinski definition) is 2. The van der Waals surface area contributed by atoms with Crippen molar-refractivity contribution >= 4 is 45.2 Å². The van der Waals surface area contributed by atoms with Gasteiger partial charge in [0.15, 0.2) is 0 Å². The number of aromatic nitrogens is 3. The van der Waals surface area contributed by atoms with Gasteiger partial charge in [-0.15, -0.1) is 11.6 Å². The molecule has 0 saturated carbocycles. The summed E-state index contributed by atoms with van der Waals surface area (Å²) >= 11 is 7.85. The Hall–Kier alpha value is -0.360. The number of fused-ring (bicyclic) bond motifs is 1. The van der Waals surface area contributed by atoms with Crippen molar-refractivity contribution in [3.05, 3.63) is 21.8 Å². The number of pyridine rings is 1. The van der Waals surface area contributed by atoms with Crippen LogP contribution in [0.1, 0.15) is 5.82 Å². The van der Waals surface area contributed by atoms with Crippen LogP contribution in [0.2, 0.25) is 0 Å². The predicted molar refractivity (Wildman–Crippen MR) is 61.0 cm³/mol. The van der Waals surface area contributed by atoms with E-state index in [0.29, 0.717) is 5.88 Å². The fourth-order valence-electron chi connectivity index (χ4n) is 1.16. The summed E-state index contributed by atoms with van der Waals surface area (Å²) in [5.74, 6) is 1.51. The van der Waals surface area contributed by atoms with Crippen molar-refractivity contribution in [3.63, 3.8) is 0 Å². The number of imidazole rings is 1. The number of halogens is 2. The second-order valence-corrected chi connectivity index (χ2v) is 4.18. The minimum absolute atomic E-state index is 0.587. The Morgan fingerprint density at radius 1 is 1.46 bits per heavy atom. The fourth-order valence-corrected chi connectivity index (χ4v) is 1.91. The molecule has 2 rings (SSSR count). The van der Waals surface area contributed by atoms with Crippen LogP contribution in [0.3, 0.4) is 0 Å². The number of rotatable bonds is 2. The van der Waals surface area contributed by atoms with Crippen molar-refractivity contribution in [2.75, 3.05) is 5.88 Å². The topological polar surface area (TPSA) is 41.6 Å². The lowest BCUT2D eigenvalue weighted by atomic mass is 10.4. The van der Waals surface area contributed by atoms with Crippen LogP contribution in [0, 0.1) is 3.57 Å². The molecule has 0 spiro atoms. The fraction of sp³-hybridized carbons (Fsp3) is 0.250. The van der Waals surface area contributed by atoms with Crippen molar-refractivity contribution in [1.82, 2.24) is 15.0 Å². The summed E-state index contributed by atoms with van der Waals surface area (Å²) in [6.45, 7) is 0. The molecule has 0 fully saturated rings. The van der Waals surface area contributed by atoms with E-state index in [9.17, 15) is 0 Å². The lowest BCUT2D eigenvalue weighted by molar-refractivity contribution is 1.01. The van der Waals surface area contributed by atoms with Crippen molar-refractivity contribution in [3.8, 4) is 0 Å². The van der Waals surface area contributed by atoms with Gasteiger partial charge in [-0.3, -0.25) is 4.98 Å². The molecular weight excluding hydrogens is 300 g/mol. The minimum Gasteiger partial charge on any atom is -0.341 e. The molecule has 0 radical (unpaired) electrons. The predicted octanol–water partition coefficient (Wildman–Crippen LogP) is 2.34. The Labute approximate surface area is 94.1 Å². The molecule has 3 nitrogen and oxygen atoms in total. The summed E-state index contributed by atoms with van der Waals surface area (Å²) in [7, 11) is 0. The highest BCUT2D eigenvalue weighted by atomic mass is 127. The Morgan fingerprint density at radius 3 is 3.00 bits per heavy atom. The van der Waals surface area contributed by atoms with Gasteiger partial charge in [0.25, 0.3) is 0 Å². The van der Waals surface area contributed by atoms with Crippen LogP contribution in [0.4, 0.5) is 0 Å². The maximum Gasteiger partial charge on any atom is 0.108 e. The average molecular weight is 308 g/mol. The number of aromatic amines is 1. The van der Waals surface area contributed by atoms with Crippen LogP contribution in [0.15, 0.2) is 12.4 Å². The zero-order valence-electron chi connectivity index (χ0n) is 6.72. The first kappa shape index (κ1) is 9.21. The van der Waals surface area contributed by atoms with Gasteiger partial charge in [-0.25, -0.2) is 4.98 Å². The first-order valence-electron chi connectivity index (χ1n) is 3.85. The van der Waals surface area contributed by atoms with E-state index in [1.807, 2.05) is 0 Å². The van der Waals surface area contributed by atoms with E-state index in [0.717, 1.165) is 26.8 Å². The van der Waals surface area contributed by atoms with Gasteiger partial charge >= 0.3 is 0 Å². The molecule has 0 atom stereocenters. The van der Waals surface area contributed by atoms with Gasteiger partial charge in [0, 0.05) is 18.5 Å². The van der Waals surface area contributed by atoms with Gasteiger partial charge in [0.05, 0.1) is 15.3 Å². The number of H-pyrrole nitrogens is 1. The third kappa shape index (κ3) is 1.78. The quantitative estimate of drug-likeness (QED) is 0.683. The van der Waals surface area contributed by atoms with Gasteiger partial charge in [-0.2, -0.15) is 0 Å². The Bertz CT molecular complexity index is 426. The standard InChI is InChI=1S/C8H7ClIN3/c9-2-1-7-12-6-4-11-3-5(10)8(6)13-7/h3-4H,1-2H2,(H,12,13). The summed E-state index contributed by atoms with van der Waals surface area (Å²) in [5.41, 5.74) is 1.96. The van der Waals surface area contributed by atoms with Crippen LogP contribution in [0.25, 0.3) is 11.0 Å². The summed E-state index contributed by atoms with van der Waals surface area (Å²) in [6, 6.07) is 0. The van der Waals surface area contributed by atoms with E-state index >= 15 is 0 Å². The van der Waals surface area contributed by atoms with Gasteiger partial charge in [-0.1, -0.05) is 0 Å². The van der Waals surface area contributed by atoms with Crippen LogP contribution in [-0.2, 0) is 6.42 Å². The zero-order chi connectivity index (χ0) is 9.26. The maximum atomic E-state index is 5.63. The SMILES string of the molecule is ClCCc1nc2c(I)cncc2[nH]1. The van der Waals surface area contributed by atoms with Crippen LogP contribution >= 0.6 is 34.2 Å². The smallest absolute Gasteiger partial charge is 0.108 e. The second-order valence-electron chi connectivity index (χ2n) is 2.64. The van der Waals surface area contributed by atoms with Gasteiger partial charge in [-0.05, 0) is 22.6 Å². The van der Waals surface area contributed by atoms with E-state index in [-0.39, 0.29) is 0 Å². The lowest BCUT2D eigenvalue weighted by Crippen LogP contribution is -1.87. The molecule has 0 unspecified atom stereocenters. The lowest BCUT2D eigenvalue weighted by Gasteiger charge is -1.87. The molecule has 0 aromatic carbocycles. The van der Waals surface area contributed by atoms with Gasteiger partial charge in [0.1, 0.15) is 11.3 Å². The second kappa shape index (κ2) is 3.79. The number of hydrogen-bond donors (Lipinski definition) is 1. The molecular formula is C8H7ClIN3. The Kier molecular flexibility index (Phi) is 2.69. The van der Waals surface area contributed by atoms with Crippen molar-refractivity contribution in [2.24, 2.45) is 0 Å². The highest BCUT2D eigenvalue weighted by Crippen LogP contribution is 2.16. The number of nitrogens with one attached hydrogen (secondary N) is 1. The van der Waals surface area contributed by atoms with Crippen LogP contribution in [-0.4, -0.2) is 20.8 Å². The van der Waals surface area contributed by atoms with E-state index in [1.54, 1.807) is 12.4 Å². The summed E-state index contributed by atoms with van der Waals surface area (Å²) in [5, 5.41) is 0. The number of aryl methyl sites for hydroxylation is 1. The minimum atomic E-state index is 0.587. The first-order valence-corrected chi connectivity index (χ1v) is 5.46. The average Bonchev–Trinajstić information content (AvgIpc) is 2.49. The van der Waals surface area contributed by atoms with Crippen molar-refractivity contribution in [1.29, 1.82) is 0 Å². The first-order chi connectivity index (χ1) is 6.31. The summed E-state index contributed by atoms with van der Waals surface area (Å²) in [4.78, 5) is 11.7. The third-order valence-electron chi connectivity index (χ3n) is 1.73. The van der Waals surface area contributed by atoms with Crippen LogP contribution < -0.4 is 0 Å². The normalized spacial score (nSPS) is 10.9. The molecule has 0 aliphatic heterocycles. The largest absolute Gasteiger partial charge is 0.341 e. The zero-order valence-corrected chi connectivity index (χ0v) is 9.63. The van der Waals surface area contributed by atoms with Gasteiger partial charge < -0.3 is 4.98 Å². The molecule has 68 valence electrons. The van der Waals surface area contributed by atoms with E-state index in [1.165, 1.54) is 0 Å². The summed E-state index contributed by atoms with van der Waals surface area (Å²) < 4.78 is 1.06. The highest BCUT2D eigenvalue weighted by molar-refractivity contribution is 14.1. The van der Waals surface area contributed by atoms with E-state index < -0.39 is 0 Å². The van der Waals surface area contributed by atoms with Crippen molar-refractivity contribution < 1.29 is 0 Å². The molecule has 0 bridgehead atoms. The molecule has 0 aliphatic carbocycles. The molecule has 5 heteroatoms. The molecule has 2 aromatic heterocycles. The van der Waals surface area contributed by atoms with Crippen molar-refractivity contribution in [2.45, 2.75) is 6.42 Å². The molecule has 0 aliphatic rings. The molecule has 2 heterocycles. The highest BCUT2D eigenvalue weighted by Gasteiger charge is 2.04. The third-order valence-corrected chi connectivity index (χ3v) is 2.71. The molecule has 2 aromatic rings. The van der Waals surface area contributed by atoms with Crippen LogP contribution in [0.5, 0.6) is 0 Å². The monoisotopic (exact) mass is 307 g/mol. The molecule has 0 saturated heterocycles.